The van der Waals surface area contributed by atoms with Gasteiger partial charge in [0, 0.05) is 17.3 Å². The summed E-state index contributed by atoms with van der Waals surface area (Å²) in [5.41, 5.74) is 0.997. The van der Waals surface area contributed by atoms with Crippen LogP contribution in [0.4, 0.5) is 11.4 Å². The summed E-state index contributed by atoms with van der Waals surface area (Å²) < 4.78 is 4.65. The van der Waals surface area contributed by atoms with Crippen LogP contribution < -0.4 is 5.32 Å². The lowest BCUT2D eigenvalue weighted by molar-refractivity contribution is -0.385. The van der Waals surface area contributed by atoms with Gasteiger partial charge in [0.1, 0.15) is 5.56 Å². The number of rotatable bonds is 4. The van der Waals surface area contributed by atoms with E-state index in [0.717, 1.165) is 18.5 Å². The fourth-order valence-electron chi connectivity index (χ4n) is 2.94. The molecule has 0 heterocycles. The van der Waals surface area contributed by atoms with Crippen molar-refractivity contribution in [2.24, 2.45) is 5.92 Å². The molecular weight excluding hydrogens is 272 g/mol. The fraction of sp³-hybridized carbons (Fsp3) is 0.533. The van der Waals surface area contributed by atoms with Crippen LogP contribution in [0.1, 0.15) is 42.1 Å². The lowest BCUT2D eigenvalue weighted by Crippen LogP contribution is -2.16. The summed E-state index contributed by atoms with van der Waals surface area (Å²) in [4.78, 5) is 22.4. The first-order valence-electron chi connectivity index (χ1n) is 7.06. The van der Waals surface area contributed by atoms with Crippen molar-refractivity contribution in [3.63, 3.8) is 0 Å². The second-order valence-electron chi connectivity index (χ2n) is 5.70. The number of ether oxygens (including phenoxy) is 1. The number of nitro benzene ring substituents is 1. The number of nitrogens with one attached hydrogen (secondary N) is 1. The van der Waals surface area contributed by atoms with E-state index in [1.807, 2.05) is 0 Å². The first-order valence-corrected chi connectivity index (χ1v) is 7.06. The maximum absolute atomic E-state index is 11.8. The van der Waals surface area contributed by atoms with E-state index in [0.29, 0.717) is 17.5 Å². The van der Waals surface area contributed by atoms with Gasteiger partial charge in [-0.15, -0.1) is 0 Å². The standard InChI is InChI=1S/C15H20N2O4/c1-9-4-5-11(6-9)16-12-7-10(2)14(17(19)20)13(8-12)15(18)21-3/h7-9,11,16H,4-6H2,1-3H3. The lowest BCUT2D eigenvalue weighted by atomic mass is 10.1. The molecular formula is C15H20N2O4. The second-order valence-corrected chi connectivity index (χ2v) is 5.70. The SMILES string of the molecule is COC(=O)c1cc(NC2CCC(C)C2)cc(C)c1[N+](=O)[O-]. The van der Waals surface area contributed by atoms with E-state index in [1.54, 1.807) is 13.0 Å². The molecule has 1 aliphatic carbocycles. The van der Waals surface area contributed by atoms with E-state index in [1.165, 1.54) is 19.6 Å². The van der Waals surface area contributed by atoms with Crippen molar-refractivity contribution in [2.45, 2.75) is 39.2 Å². The largest absolute Gasteiger partial charge is 0.465 e. The Kier molecular flexibility index (Phi) is 4.45. The molecule has 0 amide bonds. The predicted octanol–water partition coefficient (Wildman–Crippen LogP) is 3.29. The monoisotopic (exact) mass is 292 g/mol. The Morgan fingerprint density at radius 2 is 2.14 bits per heavy atom. The van der Waals surface area contributed by atoms with Gasteiger partial charge in [-0.3, -0.25) is 10.1 Å². The van der Waals surface area contributed by atoms with Crippen molar-refractivity contribution in [1.82, 2.24) is 0 Å². The van der Waals surface area contributed by atoms with E-state index < -0.39 is 10.9 Å². The number of methoxy groups -OCH3 is 1. The molecule has 21 heavy (non-hydrogen) atoms. The molecule has 0 aromatic heterocycles. The van der Waals surface area contributed by atoms with Crippen LogP contribution in [0.15, 0.2) is 12.1 Å². The van der Waals surface area contributed by atoms with Gasteiger partial charge in [0.2, 0.25) is 0 Å². The first-order chi connectivity index (χ1) is 9.92. The zero-order valence-corrected chi connectivity index (χ0v) is 12.5. The molecule has 2 atom stereocenters. The molecule has 0 spiro atoms. The number of nitrogens with zero attached hydrogens (tertiary/aromatic N) is 1. The Morgan fingerprint density at radius 3 is 2.67 bits per heavy atom. The Bertz CT molecular complexity index is 571. The minimum atomic E-state index is -0.687. The van der Waals surface area contributed by atoms with Gasteiger partial charge in [0.05, 0.1) is 12.0 Å². The normalized spacial score (nSPS) is 21.1. The van der Waals surface area contributed by atoms with Crippen molar-refractivity contribution < 1.29 is 14.5 Å². The molecule has 2 unspecified atom stereocenters. The van der Waals surface area contributed by atoms with Gasteiger partial charge >= 0.3 is 5.97 Å². The number of carbonyl (C=O) groups excluding carboxylic acids is 1. The molecule has 1 aliphatic rings. The molecule has 0 saturated heterocycles. The molecule has 0 radical (unpaired) electrons. The molecule has 114 valence electrons. The van der Waals surface area contributed by atoms with Gasteiger partial charge in [-0.1, -0.05) is 6.92 Å². The van der Waals surface area contributed by atoms with Crippen molar-refractivity contribution in [3.05, 3.63) is 33.4 Å². The highest BCUT2D eigenvalue weighted by Crippen LogP contribution is 2.31. The number of nitro groups is 1. The molecule has 1 saturated carbocycles. The van der Waals surface area contributed by atoms with Gasteiger partial charge < -0.3 is 10.1 Å². The highest BCUT2D eigenvalue weighted by Gasteiger charge is 2.26. The Hall–Kier alpha value is -2.11. The number of hydrogen-bond acceptors (Lipinski definition) is 5. The number of carbonyl (C=O) groups is 1. The molecule has 1 fully saturated rings. The van der Waals surface area contributed by atoms with E-state index in [4.69, 9.17) is 0 Å². The minimum Gasteiger partial charge on any atom is -0.465 e. The number of anilines is 1. The smallest absolute Gasteiger partial charge is 0.344 e. The summed E-state index contributed by atoms with van der Waals surface area (Å²) in [7, 11) is 1.22. The van der Waals surface area contributed by atoms with Gasteiger partial charge in [-0.05, 0) is 44.2 Å². The zero-order valence-electron chi connectivity index (χ0n) is 12.5. The van der Waals surface area contributed by atoms with E-state index in [-0.39, 0.29) is 11.3 Å². The fourth-order valence-corrected chi connectivity index (χ4v) is 2.94. The second kappa shape index (κ2) is 6.11. The van der Waals surface area contributed by atoms with Gasteiger partial charge in [-0.2, -0.15) is 0 Å². The van der Waals surface area contributed by atoms with Crippen LogP contribution in [0.5, 0.6) is 0 Å². The molecule has 1 aromatic carbocycles. The average Bonchev–Trinajstić information content (AvgIpc) is 2.81. The summed E-state index contributed by atoms with van der Waals surface area (Å²) >= 11 is 0. The topological polar surface area (TPSA) is 81.5 Å². The summed E-state index contributed by atoms with van der Waals surface area (Å²) in [6.07, 6.45) is 3.32. The van der Waals surface area contributed by atoms with E-state index in [2.05, 4.69) is 17.0 Å². The van der Waals surface area contributed by atoms with Gasteiger partial charge in [-0.25, -0.2) is 4.79 Å². The summed E-state index contributed by atoms with van der Waals surface area (Å²) in [5, 5.41) is 14.5. The molecule has 1 N–H and O–H groups in total. The molecule has 2 rings (SSSR count). The predicted molar refractivity (Wildman–Crippen MR) is 79.6 cm³/mol. The molecule has 0 aliphatic heterocycles. The van der Waals surface area contributed by atoms with Crippen molar-refractivity contribution in [3.8, 4) is 0 Å². The Morgan fingerprint density at radius 1 is 1.43 bits per heavy atom. The van der Waals surface area contributed by atoms with Crippen LogP contribution in [0.3, 0.4) is 0 Å². The van der Waals surface area contributed by atoms with Crippen LogP contribution in [0.2, 0.25) is 0 Å². The van der Waals surface area contributed by atoms with Crippen LogP contribution in [0, 0.1) is 23.0 Å². The Labute approximate surface area is 123 Å². The molecule has 0 bridgehead atoms. The van der Waals surface area contributed by atoms with E-state index in [9.17, 15) is 14.9 Å². The van der Waals surface area contributed by atoms with Crippen LogP contribution in [-0.2, 0) is 4.74 Å². The zero-order chi connectivity index (χ0) is 15.6. The number of hydrogen-bond donors (Lipinski definition) is 1. The number of aryl methyl sites for hydroxylation is 1. The number of esters is 1. The summed E-state index contributed by atoms with van der Waals surface area (Å²) in [6.45, 7) is 3.84. The third-order valence-corrected chi connectivity index (χ3v) is 3.95. The number of benzene rings is 1. The summed E-state index contributed by atoms with van der Waals surface area (Å²) in [5.74, 6) is -0.00466. The molecule has 1 aromatic rings. The van der Waals surface area contributed by atoms with Gasteiger partial charge in [0.25, 0.3) is 5.69 Å². The quantitative estimate of drug-likeness (QED) is 0.523. The van der Waals surface area contributed by atoms with Crippen molar-refractivity contribution >= 4 is 17.3 Å². The maximum atomic E-state index is 11.8. The summed E-state index contributed by atoms with van der Waals surface area (Å²) in [6, 6.07) is 3.58. The van der Waals surface area contributed by atoms with Crippen molar-refractivity contribution in [1.29, 1.82) is 0 Å². The maximum Gasteiger partial charge on any atom is 0.344 e. The molecule has 6 nitrogen and oxygen atoms in total. The first kappa shape index (κ1) is 15.3. The van der Waals surface area contributed by atoms with Crippen molar-refractivity contribution in [2.75, 3.05) is 12.4 Å². The van der Waals surface area contributed by atoms with Crippen LogP contribution >= 0.6 is 0 Å². The average molecular weight is 292 g/mol. The lowest BCUT2D eigenvalue weighted by Gasteiger charge is -2.15. The third kappa shape index (κ3) is 3.32. The third-order valence-electron chi connectivity index (χ3n) is 3.95. The van der Waals surface area contributed by atoms with Crippen LogP contribution in [0.25, 0.3) is 0 Å². The van der Waals surface area contributed by atoms with Crippen LogP contribution in [-0.4, -0.2) is 24.0 Å². The molecule has 6 heteroatoms. The highest BCUT2D eigenvalue weighted by molar-refractivity contribution is 5.95. The van der Waals surface area contributed by atoms with E-state index >= 15 is 0 Å². The van der Waals surface area contributed by atoms with Gasteiger partial charge in [0.15, 0.2) is 0 Å². The minimum absolute atomic E-state index is 0.00366. The Balaban J connectivity index is 2.33. The highest BCUT2D eigenvalue weighted by atomic mass is 16.6.